The molecule has 2 spiro atoms. The predicted molar refractivity (Wildman–Crippen MR) is 204 cm³/mol. The molecule has 13 rings (SSSR count). The summed E-state index contributed by atoms with van der Waals surface area (Å²) < 4.78 is 17.6. The Hall–Kier alpha value is -2.20. The number of allylic oxidation sites excluding steroid dienone is 2. The minimum Gasteiger partial charge on any atom is -1.00 e. The Morgan fingerprint density at radius 2 is 1.11 bits per heavy atom. The van der Waals surface area contributed by atoms with Gasteiger partial charge in [0.05, 0.1) is 62.3 Å². The Balaban J connectivity index is 0.00000171. The van der Waals surface area contributed by atoms with Crippen LogP contribution in [0.4, 0.5) is 11.4 Å². The van der Waals surface area contributed by atoms with E-state index in [0.717, 1.165) is 26.3 Å². The molecule has 9 heterocycles. The zero-order valence-electron chi connectivity index (χ0n) is 31.7. The molecule has 2 saturated carbocycles. The number of para-hydroxylation sites is 2. The zero-order valence-corrected chi connectivity index (χ0v) is 34.9. The molecule has 7 fully saturated rings. The summed E-state index contributed by atoms with van der Waals surface area (Å²) in [5, 5.41) is 0. The molecule has 4 bridgehead atoms. The number of rotatable bonds is 4. The second-order valence-electron chi connectivity index (χ2n) is 18.9. The fourth-order valence-corrected chi connectivity index (χ4v) is 16.5. The summed E-state index contributed by atoms with van der Waals surface area (Å²) in [6.45, 7) is 13.1. The number of halogens is 2. The lowest BCUT2D eigenvalue weighted by Crippen LogP contribution is -3.00. The molecule has 6 nitrogen and oxygen atoms in total. The number of quaternary nitrogens is 2. The van der Waals surface area contributed by atoms with E-state index in [-0.39, 0.29) is 57.2 Å². The second-order valence-corrected chi connectivity index (χ2v) is 18.9. The first-order chi connectivity index (χ1) is 25.6. The summed E-state index contributed by atoms with van der Waals surface area (Å²) in [5.74, 6) is 1.85. The largest absolute Gasteiger partial charge is 1.00 e. The molecule has 2 aromatic rings. The topological polar surface area (TPSA) is 24.9 Å². The van der Waals surface area contributed by atoms with Gasteiger partial charge in [-0.25, -0.2) is 0 Å². The van der Waals surface area contributed by atoms with Gasteiger partial charge in [-0.1, -0.05) is 60.7 Å². The van der Waals surface area contributed by atoms with E-state index in [1.165, 1.54) is 72.2 Å². The maximum atomic E-state index is 7.56. The van der Waals surface area contributed by atoms with Crippen LogP contribution >= 0.6 is 0 Å². The van der Waals surface area contributed by atoms with Gasteiger partial charge in [-0.15, -0.1) is 0 Å². The van der Waals surface area contributed by atoms with Gasteiger partial charge < -0.3 is 62.2 Å². The van der Waals surface area contributed by atoms with E-state index in [1.807, 2.05) is 0 Å². The molecule has 0 radical (unpaired) electrons. The molecule has 12 unspecified atom stereocenters. The highest BCUT2D eigenvalue weighted by Crippen LogP contribution is 2.72. The predicted octanol–water partition coefficient (Wildman–Crippen LogP) is 0.456. The minimum absolute atomic E-state index is 0. The lowest BCUT2D eigenvalue weighted by Gasteiger charge is -2.65. The van der Waals surface area contributed by atoms with E-state index < -0.39 is 0 Å². The van der Waals surface area contributed by atoms with Crippen molar-refractivity contribution in [3.63, 3.8) is 0 Å². The number of benzene rings is 2. The molecule has 14 atom stereocenters. The van der Waals surface area contributed by atoms with Gasteiger partial charge in [-0.3, -0.25) is 0 Å². The molecule has 54 heavy (non-hydrogen) atoms. The van der Waals surface area contributed by atoms with E-state index in [0.29, 0.717) is 47.8 Å². The summed E-state index contributed by atoms with van der Waals surface area (Å²) in [7, 11) is 0. The number of nitrogens with zero attached hydrogens (tertiary/aromatic N) is 4. The maximum absolute atomic E-state index is 7.56. The molecule has 8 heteroatoms. The number of piperidine rings is 2. The fraction of sp³-hybridized carbons (Fsp3) is 0.565. The van der Waals surface area contributed by atoms with Crippen molar-refractivity contribution in [2.75, 3.05) is 62.3 Å². The van der Waals surface area contributed by atoms with Crippen molar-refractivity contribution in [2.24, 2.45) is 23.7 Å². The van der Waals surface area contributed by atoms with E-state index in [2.05, 4.69) is 109 Å². The molecule has 0 aromatic heterocycles. The second kappa shape index (κ2) is 11.7. The molecule has 0 amide bonds. The normalized spacial score (nSPS) is 47.1. The van der Waals surface area contributed by atoms with Crippen molar-refractivity contribution >= 4 is 11.4 Å². The molecule has 2 aromatic carbocycles. The van der Waals surface area contributed by atoms with Crippen LogP contribution in [0, 0.1) is 23.7 Å². The third-order valence-corrected chi connectivity index (χ3v) is 17.9. The Bertz CT molecular complexity index is 1910. The molecule has 11 aliphatic rings. The van der Waals surface area contributed by atoms with Crippen LogP contribution < -0.4 is 43.8 Å². The fourth-order valence-electron chi connectivity index (χ4n) is 16.5. The van der Waals surface area contributed by atoms with E-state index in [4.69, 9.17) is 9.47 Å². The lowest BCUT2D eigenvalue weighted by atomic mass is 9.52. The van der Waals surface area contributed by atoms with Crippen LogP contribution in [0.1, 0.15) is 50.7 Å². The number of hydrogen-bond donors (Lipinski definition) is 0. The molecule has 2 aliphatic carbocycles. The van der Waals surface area contributed by atoms with Crippen LogP contribution in [-0.4, -0.2) is 98.1 Å². The molecule has 284 valence electrons. The first-order valence-electron chi connectivity index (χ1n) is 20.9. The average Bonchev–Trinajstić information content (AvgIpc) is 3.79. The van der Waals surface area contributed by atoms with Gasteiger partial charge in [0.2, 0.25) is 0 Å². The van der Waals surface area contributed by atoms with Crippen molar-refractivity contribution in [3.05, 3.63) is 107 Å². The third-order valence-electron chi connectivity index (χ3n) is 17.9. The summed E-state index contributed by atoms with van der Waals surface area (Å²) in [6, 6.07) is 21.5. The average molecular weight is 855 g/mol. The van der Waals surface area contributed by atoms with Crippen LogP contribution in [-0.2, 0) is 20.3 Å². The molecule has 0 N–H and O–H groups in total. The lowest BCUT2D eigenvalue weighted by molar-refractivity contribution is -0.938. The van der Waals surface area contributed by atoms with Crippen molar-refractivity contribution < 1.29 is 52.4 Å². The Kier molecular flexibility index (Phi) is 7.58. The van der Waals surface area contributed by atoms with Crippen molar-refractivity contribution in [3.8, 4) is 0 Å². The smallest absolute Gasteiger partial charge is 0.136 e. The first-order valence-corrected chi connectivity index (χ1v) is 20.9. The van der Waals surface area contributed by atoms with Crippen LogP contribution in [0.25, 0.3) is 0 Å². The van der Waals surface area contributed by atoms with Gasteiger partial charge in [-0.2, -0.15) is 0 Å². The van der Waals surface area contributed by atoms with Gasteiger partial charge in [0.25, 0.3) is 0 Å². The van der Waals surface area contributed by atoms with Crippen LogP contribution in [0.5, 0.6) is 0 Å². The van der Waals surface area contributed by atoms with E-state index >= 15 is 0 Å². The summed E-state index contributed by atoms with van der Waals surface area (Å²) in [5.41, 5.74) is 9.86. The van der Waals surface area contributed by atoms with Crippen LogP contribution in [0.2, 0.25) is 0 Å². The van der Waals surface area contributed by atoms with Gasteiger partial charge in [0, 0.05) is 60.7 Å². The molecular formula is C46H54Br2N4O2. The van der Waals surface area contributed by atoms with Crippen molar-refractivity contribution in [2.45, 2.75) is 87.0 Å². The summed E-state index contributed by atoms with van der Waals surface area (Å²) in [4.78, 5) is 6.00. The monoisotopic (exact) mass is 852 g/mol. The maximum Gasteiger partial charge on any atom is 0.136 e. The van der Waals surface area contributed by atoms with E-state index in [1.54, 1.807) is 22.3 Å². The van der Waals surface area contributed by atoms with Gasteiger partial charge in [-0.05, 0) is 60.4 Å². The number of ether oxygens (including phenoxy) is 2. The Morgan fingerprint density at radius 3 is 1.56 bits per heavy atom. The van der Waals surface area contributed by atoms with Crippen LogP contribution in [0.15, 0.2) is 96.1 Å². The summed E-state index contributed by atoms with van der Waals surface area (Å²) >= 11 is 0. The van der Waals surface area contributed by atoms with E-state index in [9.17, 15) is 0 Å². The van der Waals surface area contributed by atoms with Crippen LogP contribution in [0.3, 0.4) is 0 Å². The molecule has 9 aliphatic heterocycles. The number of anilines is 2. The Morgan fingerprint density at radius 1 is 0.667 bits per heavy atom. The van der Waals surface area contributed by atoms with Gasteiger partial charge >= 0.3 is 0 Å². The first kappa shape index (κ1) is 35.0. The number of hydrogen-bond acceptors (Lipinski definition) is 4. The molecular weight excluding hydrogens is 800 g/mol. The van der Waals surface area contributed by atoms with Crippen molar-refractivity contribution in [1.29, 1.82) is 0 Å². The van der Waals surface area contributed by atoms with Crippen molar-refractivity contribution in [1.82, 2.24) is 0 Å². The Labute approximate surface area is 342 Å². The SMILES string of the molecule is C/C=C/C[N@+]12CCC34c5ccccc5N5C6OCC=C7C[N@+]8(C/C=C/C)CCC9%10c%11ccccc%11N(C%11OCC=C(C1)C(CC32)C%11C54)C9C6C7CC%108.[Br-].[Br-]. The summed E-state index contributed by atoms with van der Waals surface area (Å²) in [6.07, 6.45) is 19.9. The molecule has 5 saturated heterocycles. The quantitative estimate of drug-likeness (QED) is 0.330. The third kappa shape index (κ3) is 3.75. The zero-order chi connectivity index (χ0) is 34.2. The van der Waals surface area contributed by atoms with Gasteiger partial charge in [0.15, 0.2) is 0 Å². The highest BCUT2D eigenvalue weighted by atomic mass is 79.9. The highest BCUT2D eigenvalue weighted by molar-refractivity contribution is 5.72. The highest BCUT2D eigenvalue weighted by Gasteiger charge is 2.80. The van der Waals surface area contributed by atoms with Gasteiger partial charge in [0.1, 0.15) is 37.6 Å². The number of fused-ring (bicyclic) bond motifs is 6. The minimum atomic E-state index is 0. The standard InChI is InChI=1S/C46H54N4O2.2BrH/c1-3-5-19-49-21-17-45-33-11-7-9-13-35(33)47-41(45)39-31(25-37(45)49)29(27-49)15-23-51-43(39)48-36-14-10-8-12-34(36)46-18-22-50(20-6-4-2)28-30-16-24-52-44(47)40(42(46)48)32(30)26-38(46)50;;/h3-16,31-32,37-44H,17-28H2,1-2H3;2*1H/q+2;;/p-2/b5-3+,6-4+;;/t31?,32?,37?,38?,39?,40?,41?,42?,43?,44?,45?,46?,49-,50-;;/m0../s1.